The molecule has 19 heavy (non-hydrogen) atoms. The van der Waals surface area contributed by atoms with Gasteiger partial charge in [0.25, 0.3) is 0 Å². The minimum absolute atomic E-state index is 1.07. The van der Waals surface area contributed by atoms with E-state index in [1.54, 1.807) is 0 Å². The number of pyridine rings is 1. The van der Waals surface area contributed by atoms with Gasteiger partial charge >= 0.3 is 0 Å². The molecule has 0 aliphatic rings. The van der Waals surface area contributed by atoms with Crippen molar-refractivity contribution in [3.05, 3.63) is 65.2 Å². The molecule has 2 aromatic carbocycles. The van der Waals surface area contributed by atoms with Gasteiger partial charge in [0, 0.05) is 10.9 Å². The average Bonchev–Trinajstić information content (AvgIpc) is 2.38. The number of nitrogens with zero attached hydrogens (tertiary/aromatic N) is 1. The highest BCUT2D eigenvalue weighted by Crippen LogP contribution is 2.26. The number of rotatable bonds is 1. The van der Waals surface area contributed by atoms with Gasteiger partial charge < -0.3 is 0 Å². The summed E-state index contributed by atoms with van der Waals surface area (Å²) in [7, 11) is 0. The Hall–Kier alpha value is -2.15. The third-order valence-corrected chi connectivity index (χ3v) is 3.46. The normalized spacial score (nSPS) is 10.9. The Labute approximate surface area is 113 Å². The zero-order valence-corrected chi connectivity index (χ0v) is 11.6. The van der Waals surface area contributed by atoms with E-state index in [2.05, 4.69) is 69.3 Å². The zero-order chi connectivity index (χ0) is 13.4. The largest absolute Gasteiger partial charge is 0.248 e. The lowest BCUT2D eigenvalue weighted by molar-refractivity contribution is 1.31. The summed E-state index contributed by atoms with van der Waals surface area (Å²) >= 11 is 0. The summed E-state index contributed by atoms with van der Waals surface area (Å²) in [6.07, 6.45) is 0. The number of hydrogen-bond acceptors (Lipinski definition) is 1. The molecule has 3 rings (SSSR count). The predicted octanol–water partition coefficient (Wildman–Crippen LogP) is 4.83. The van der Waals surface area contributed by atoms with Crippen LogP contribution < -0.4 is 0 Å². The molecule has 0 bridgehead atoms. The van der Waals surface area contributed by atoms with Gasteiger partial charge in [-0.2, -0.15) is 0 Å². The molecule has 3 aromatic rings. The maximum Gasteiger partial charge on any atom is 0.0738 e. The van der Waals surface area contributed by atoms with Crippen LogP contribution in [0, 0.1) is 20.8 Å². The lowest BCUT2D eigenvalue weighted by Crippen LogP contribution is -1.91. The van der Waals surface area contributed by atoms with E-state index in [0.29, 0.717) is 0 Å². The molecule has 0 aliphatic carbocycles. The monoisotopic (exact) mass is 247 g/mol. The maximum absolute atomic E-state index is 4.85. The first-order chi connectivity index (χ1) is 9.13. The first kappa shape index (κ1) is 11.9. The fourth-order valence-corrected chi connectivity index (χ4v) is 2.47. The fourth-order valence-electron chi connectivity index (χ4n) is 2.47. The molecule has 94 valence electrons. The van der Waals surface area contributed by atoms with Crippen molar-refractivity contribution in [2.45, 2.75) is 20.8 Å². The summed E-state index contributed by atoms with van der Waals surface area (Å²) in [4.78, 5) is 4.85. The molecule has 0 fully saturated rings. The molecule has 0 N–H and O–H groups in total. The first-order valence-electron chi connectivity index (χ1n) is 6.58. The molecule has 0 amide bonds. The van der Waals surface area contributed by atoms with Crippen LogP contribution in [0.15, 0.2) is 48.5 Å². The standard InChI is InChI=1S/C18H17N/c1-12-5-4-6-16(9-12)18-14(3)11-15-8-7-13(2)10-17(15)19-18/h4-11H,1-3H3. The fraction of sp³-hybridized carbons (Fsp3) is 0.167. The smallest absolute Gasteiger partial charge is 0.0738 e. The van der Waals surface area contributed by atoms with Crippen LogP contribution >= 0.6 is 0 Å². The Morgan fingerprint density at radius 3 is 2.37 bits per heavy atom. The van der Waals surface area contributed by atoms with Crippen LogP contribution in [0.3, 0.4) is 0 Å². The number of benzene rings is 2. The topological polar surface area (TPSA) is 12.9 Å². The van der Waals surface area contributed by atoms with Crippen LogP contribution in [0.5, 0.6) is 0 Å². The van der Waals surface area contributed by atoms with Crippen molar-refractivity contribution in [1.82, 2.24) is 4.98 Å². The minimum Gasteiger partial charge on any atom is -0.248 e. The van der Waals surface area contributed by atoms with Gasteiger partial charge in [0.1, 0.15) is 0 Å². The first-order valence-corrected chi connectivity index (χ1v) is 6.58. The highest BCUT2D eigenvalue weighted by molar-refractivity contribution is 5.83. The van der Waals surface area contributed by atoms with E-state index < -0.39 is 0 Å². The minimum atomic E-state index is 1.07. The van der Waals surface area contributed by atoms with Crippen molar-refractivity contribution in [3.8, 4) is 11.3 Å². The number of hydrogen-bond donors (Lipinski definition) is 0. The lowest BCUT2D eigenvalue weighted by Gasteiger charge is -2.09. The van der Waals surface area contributed by atoms with Crippen LogP contribution in [-0.2, 0) is 0 Å². The molecular weight excluding hydrogens is 230 g/mol. The highest BCUT2D eigenvalue weighted by Gasteiger charge is 2.06. The van der Waals surface area contributed by atoms with Crippen LogP contribution in [-0.4, -0.2) is 4.98 Å². The molecule has 0 radical (unpaired) electrons. The van der Waals surface area contributed by atoms with E-state index in [0.717, 1.165) is 11.2 Å². The molecule has 1 heteroatoms. The third-order valence-electron chi connectivity index (χ3n) is 3.46. The van der Waals surface area contributed by atoms with Gasteiger partial charge in [0.2, 0.25) is 0 Å². The molecule has 1 heterocycles. The van der Waals surface area contributed by atoms with Gasteiger partial charge in [-0.05, 0) is 50.1 Å². The third kappa shape index (κ3) is 2.24. The summed E-state index contributed by atoms with van der Waals surface area (Å²) < 4.78 is 0. The van der Waals surface area contributed by atoms with Crippen molar-refractivity contribution < 1.29 is 0 Å². The number of fused-ring (bicyclic) bond motifs is 1. The predicted molar refractivity (Wildman–Crippen MR) is 81.4 cm³/mol. The SMILES string of the molecule is Cc1cccc(-c2nc3cc(C)ccc3cc2C)c1. The second-order valence-corrected chi connectivity index (χ2v) is 5.22. The van der Waals surface area contributed by atoms with Gasteiger partial charge in [0.15, 0.2) is 0 Å². The van der Waals surface area contributed by atoms with Gasteiger partial charge in [-0.3, -0.25) is 0 Å². The molecule has 0 spiro atoms. The van der Waals surface area contributed by atoms with E-state index in [1.807, 2.05) is 0 Å². The van der Waals surface area contributed by atoms with Crippen LogP contribution in [0.25, 0.3) is 22.2 Å². The summed E-state index contributed by atoms with van der Waals surface area (Å²) in [5.41, 5.74) is 7.09. The summed E-state index contributed by atoms with van der Waals surface area (Å²) in [5, 5.41) is 1.21. The second-order valence-electron chi connectivity index (χ2n) is 5.22. The average molecular weight is 247 g/mol. The highest BCUT2D eigenvalue weighted by atomic mass is 14.7. The second kappa shape index (κ2) is 4.51. The Kier molecular flexibility index (Phi) is 2.83. The van der Waals surface area contributed by atoms with E-state index in [4.69, 9.17) is 4.98 Å². The van der Waals surface area contributed by atoms with Gasteiger partial charge in [-0.25, -0.2) is 4.98 Å². The zero-order valence-electron chi connectivity index (χ0n) is 11.6. The Morgan fingerprint density at radius 1 is 0.789 bits per heavy atom. The quantitative estimate of drug-likeness (QED) is 0.600. The van der Waals surface area contributed by atoms with Crippen LogP contribution in [0.1, 0.15) is 16.7 Å². The van der Waals surface area contributed by atoms with E-state index in [9.17, 15) is 0 Å². The van der Waals surface area contributed by atoms with Crippen molar-refractivity contribution in [2.24, 2.45) is 0 Å². The Balaban J connectivity index is 2.26. The summed E-state index contributed by atoms with van der Waals surface area (Å²) in [6.45, 7) is 6.35. The van der Waals surface area contributed by atoms with Gasteiger partial charge in [-0.15, -0.1) is 0 Å². The molecule has 0 saturated carbocycles. The molecule has 0 unspecified atom stereocenters. The maximum atomic E-state index is 4.85. The summed E-state index contributed by atoms with van der Waals surface area (Å²) in [6, 6.07) is 17.2. The van der Waals surface area contributed by atoms with E-state index in [-0.39, 0.29) is 0 Å². The molecule has 0 atom stereocenters. The number of aryl methyl sites for hydroxylation is 3. The van der Waals surface area contributed by atoms with Gasteiger partial charge in [-0.1, -0.05) is 35.9 Å². The summed E-state index contributed by atoms with van der Waals surface area (Å²) in [5.74, 6) is 0. The van der Waals surface area contributed by atoms with E-state index >= 15 is 0 Å². The van der Waals surface area contributed by atoms with Crippen molar-refractivity contribution in [1.29, 1.82) is 0 Å². The number of aromatic nitrogens is 1. The Morgan fingerprint density at radius 2 is 1.58 bits per heavy atom. The molecule has 0 saturated heterocycles. The van der Waals surface area contributed by atoms with Gasteiger partial charge in [0.05, 0.1) is 11.2 Å². The van der Waals surface area contributed by atoms with Crippen molar-refractivity contribution in [2.75, 3.05) is 0 Å². The lowest BCUT2D eigenvalue weighted by atomic mass is 10.0. The molecular formula is C18H17N. The molecule has 1 nitrogen and oxygen atoms in total. The van der Waals surface area contributed by atoms with Crippen molar-refractivity contribution in [3.63, 3.8) is 0 Å². The van der Waals surface area contributed by atoms with Crippen LogP contribution in [0.2, 0.25) is 0 Å². The van der Waals surface area contributed by atoms with E-state index in [1.165, 1.54) is 27.6 Å². The molecule has 0 aliphatic heterocycles. The van der Waals surface area contributed by atoms with Crippen molar-refractivity contribution >= 4 is 10.9 Å². The Bertz CT molecular complexity index is 757. The van der Waals surface area contributed by atoms with Crippen LogP contribution in [0.4, 0.5) is 0 Å². The molecule has 1 aromatic heterocycles.